The molecule has 2 saturated heterocycles. The van der Waals surface area contributed by atoms with Gasteiger partial charge >= 0.3 is 0 Å². The van der Waals surface area contributed by atoms with E-state index in [1.807, 2.05) is 0 Å². The van der Waals surface area contributed by atoms with Crippen LogP contribution in [0.15, 0.2) is 0 Å². The van der Waals surface area contributed by atoms with Crippen molar-refractivity contribution in [2.24, 2.45) is 5.92 Å². The number of halogens is 2. The number of nitrogens with zero attached hydrogens (tertiary/aromatic N) is 1. The fraction of sp³-hybridized carbons (Fsp3) is 0.917. The first-order chi connectivity index (χ1) is 7.98. The molecule has 0 bridgehead atoms. The molecule has 0 unspecified atom stereocenters. The summed E-state index contributed by atoms with van der Waals surface area (Å²) < 4.78 is 26.5. The average molecular weight is 246 g/mol. The molecular formula is C12H20F2N2O. The number of rotatable bonds is 2. The molecule has 2 aliphatic rings. The zero-order valence-electron chi connectivity index (χ0n) is 10.2. The van der Waals surface area contributed by atoms with Gasteiger partial charge in [0.2, 0.25) is 11.8 Å². The fourth-order valence-corrected chi connectivity index (χ4v) is 2.71. The van der Waals surface area contributed by atoms with Crippen molar-refractivity contribution < 1.29 is 13.6 Å². The normalized spacial score (nSPS) is 30.6. The maximum absolute atomic E-state index is 13.3. The number of carbonyl (C=O) groups is 1. The van der Waals surface area contributed by atoms with Gasteiger partial charge in [0.1, 0.15) is 0 Å². The third-order valence-corrected chi connectivity index (χ3v) is 3.81. The Morgan fingerprint density at radius 2 is 2.12 bits per heavy atom. The Bertz CT molecular complexity index is 285. The van der Waals surface area contributed by atoms with Gasteiger partial charge in [-0.1, -0.05) is 0 Å². The number of piperidine rings is 1. The summed E-state index contributed by atoms with van der Waals surface area (Å²) in [5, 5.41) is 3.13. The van der Waals surface area contributed by atoms with Crippen LogP contribution < -0.4 is 5.32 Å². The van der Waals surface area contributed by atoms with Crippen LogP contribution >= 0.6 is 0 Å². The molecule has 0 aliphatic carbocycles. The Hall–Kier alpha value is -0.710. The highest BCUT2D eigenvalue weighted by Crippen LogP contribution is 2.31. The SMILES string of the molecule is CC(F)(F)[C@@H]1CCCN(C(=O)[C@H]2CCCN2)C1. The van der Waals surface area contributed by atoms with Gasteiger partial charge in [-0.3, -0.25) is 4.79 Å². The number of alkyl halides is 2. The quantitative estimate of drug-likeness (QED) is 0.803. The van der Waals surface area contributed by atoms with Crippen LogP contribution in [0.1, 0.15) is 32.6 Å². The van der Waals surface area contributed by atoms with E-state index in [2.05, 4.69) is 5.32 Å². The first-order valence-corrected chi connectivity index (χ1v) is 6.38. The van der Waals surface area contributed by atoms with Gasteiger partial charge < -0.3 is 10.2 Å². The number of nitrogens with one attached hydrogen (secondary N) is 1. The molecule has 2 heterocycles. The maximum atomic E-state index is 13.3. The molecule has 0 aromatic rings. The lowest BCUT2D eigenvalue weighted by Crippen LogP contribution is -2.50. The highest BCUT2D eigenvalue weighted by Gasteiger charge is 2.39. The second kappa shape index (κ2) is 4.88. The van der Waals surface area contributed by atoms with Crippen LogP contribution in [0.25, 0.3) is 0 Å². The Kier molecular flexibility index (Phi) is 3.66. The number of carbonyl (C=O) groups excluding carboxylic acids is 1. The number of likely N-dealkylation sites (tertiary alicyclic amines) is 1. The van der Waals surface area contributed by atoms with Gasteiger partial charge in [0, 0.05) is 19.0 Å². The zero-order chi connectivity index (χ0) is 12.5. The highest BCUT2D eigenvalue weighted by molar-refractivity contribution is 5.82. The van der Waals surface area contributed by atoms with Crippen LogP contribution in [0.5, 0.6) is 0 Å². The van der Waals surface area contributed by atoms with E-state index >= 15 is 0 Å². The minimum absolute atomic E-state index is 0.0106. The van der Waals surface area contributed by atoms with Gasteiger partial charge in [0.25, 0.3) is 0 Å². The Morgan fingerprint density at radius 1 is 1.35 bits per heavy atom. The predicted molar refractivity (Wildman–Crippen MR) is 60.9 cm³/mol. The van der Waals surface area contributed by atoms with Crippen LogP contribution in [0.4, 0.5) is 8.78 Å². The van der Waals surface area contributed by atoms with Crippen molar-refractivity contribution in [3.05, 3.63) is 0 Å². The summed E-state index contributed by atoms with van der Waals surface area (Å²) in [5.41, 5.74) is 0. The molecule has 0 radical (unpaired) electrons. The summed E-state index contributed by atoms with van der Waals surface area (Å²) in [6.45, 7) is 2.65. The lowest BCUT2D eigenvalue weighted by Gasteiger charge is -2.36. The molecule has 2 atom stereocenters. The predicted octanol–water partition coefficient (Wildman–Crippen LogP) is 1.63. The summed E-state index contributed by atoms with van der Waals surface area (Å²) in [7, 11) is 0. The zero-order valence-corrected chi connectivity index (χ0v) is 10.2. The molecule has 1 N–H and O–H groups in total. The van der Waals surface area contributed by atoms with Crippen molar-refractivity contribution in [2.75, 3.05) is 19.6 Å². The van der Waals surface area contributed by atoms with E-state index in [0.29, 0.717) is 19.4 Å². The molecule has 0 saturated carbocycles. The van der Waals surface area contributed by atoms with Crippen LogP contribution in [0, 0.1) is 5.92 Å². The van der Waals surface area contributed by atoms with E-state index in [1.54, 1.807) is 4.90 Å². The second-order valence-corrected chi connectivity index (χ2v) is 5.23. The van der Waals surface area contributed by atoms with E-state index in [-0.39, 0.29) is 18.5 Å². The van der Waals surface area contributed by atoms with E-state index < -0.39 is 11.8 Å². The van der Waals surface area contributed by atoms with Crippen molar-refractivity contribution in [1.29, 1.82) is 0 Å². The largest absolute Gasteiger partial charge is 0.341 e. The summed E-state index contributed by atoms with van der Waals surface area (Å²) >= 11 is 0. The molecule has 17 heavy (non-hydrogen) atoms. The molecule has 2 fully saturated rings. The van der Waals surface area contributed by atoms with Crippen molar-refractivity contribution in [1.82, 2.24) is 10.2 Å². The molecular weight excluding hydrogens is 226 g/mol. The van der Waals surface area contributed by atoms with E-state index in [0.717, 1.165) is 26.3 Å². The topological polar surface area (TPSA) is 32.3 Å². The molecule has 3 nitrogen and oxygen atoms in total. The Balaban J connectivity index is 1.94. The van der Waals surface area contributed by atoms with Crippen molar-refractivity contribution in [3.63, 3.8) is 0 Å². The van der Waals surface area contributed by atoms with E-state index in [1.165, 1.54) is 0 Å². The summed E-state index contributed by atoms with van der Waals surface area (Å²) in [6.07, 6.45) is 3.04. The first kappa shape index (κ1) is 12.7. The van der Waals surface area contributed by atoms with Crippen LogP contribution in [0.2, 0.25) is 0 Å². The molecule has 2 aliphatic heterocycles. The monoisotopic (exact) mass is 246 g/mol. The van der Waals surface area contributed by atoms with Crippen molar-refractivity contribution in [3.8, 4) is 0 Å². The lowest BCUT2D eigenvalue weighted by atomic mass is 9.92. The highest BCUT2D eigenvalue weighted by atomic mass is 19.3. The van der Waals surface area contributed by atoms with Gasteiger partial charge in [-0.15, -0.1) is 0 Å². The van der Waals surface area contributed by atoms with Crippen LogP contribution in [-0.2, 0) is 4.79 Å². The molecule has 5 heteroatoms. The van der Waals surface area contributed by atoms with Gasteiger partial charge in [-0.2, -0.15) is 0 Å². The summed E-state index contributed by atoms with van der Waals surface area (Å²) in [4.78, 5) is 13.7. The average Bonchev–Trinajstić information content (AvgIpc) is 2.80. The molecule has 1 amide bonds. The van der Waals surface area contributed by atoms with Crippen molar-refractivity contribution >= 4 is 5.91 Å². The lowest BCUT2D eigenvalue weighted by molar-refractivity contribution is -0.138. The molecule has 0 aromatic heterocycles. The molecule has 0 aromatic carbocycles. The summed E-state index contributed by atoms with van der Waals surface area (Å²) in [6, 6.07) is -0.140. The fourth-order valence-electron chi connectivity index (χ4n) is 2.71. The van der Waals surface area contributed by atoms with Crippen LogP contribution in [-0.4, -0.2) is 42.4 Å². The number of hydrogen-bond acceptors (Lipinski definition) is 2. The standard InChI is InChI=1S/C12H20F2N2O/c1-12(13,14)9-4-3-7-16(8-9)11(17)10-5-2-6-15-10/h9-10,15H,2-8H2,1H3/t9-,10-/m1/s1. The second-order valence-electron chi connectivity index (χ2n) is 5.23. The van der Waals surface area contributed by atoms with Gasteiger partial charge in [-0.25, -0.2) is 8.78 Å². The van der Waals surface area contributed by atoms with E-state index in [4.69, 9.17) is 0 Å². The van der Waals surface area contributed by atoms with Gasteiger partial charge in [-0.05, 0) is 39.2 Å². The van der Waals surface area contributed by atoms with Crippen LogP contribution in [0.3, 0.4) is 0 Å². The third-order valence-electron chi connectivity index (χ3n) is 3.81. The van der Waals surface area contributed by atoms with Crippen molar-refractivity contribution in [2.45, 2.75) is 44.6 Å². The maximum Gasteiger partial charge on any atom is 0.249 e. The Labute approximate surface area is 101 Å². The smallest absolute Gasteiger partial charge is 0.249 e. The summed E-state index contributed by atoms with van der Waals surface area (Å²) in [5.74, 6) is -3.35. The molecule has 98 valence electrons. The minimum atomic E-state index is -2.68. The number of amides is 1. The van der Waals surface area contributed by atoms with Gasteiger partial charge in [0.05, 0.1) is 6.04 Å². The minimum Gasteiger partial charge on any atom is -0.341 e. The number of hydrogen-bond donors (Lipinski definition) is 1. The first-order valence-electron chi connectivity index (χ1n) is 6.38. The third kappa shape index (κ3) is 2.94. The Morgan fingerprint density at radius 3 is 2.71 bits per heavy atom. The van der Waals surface area contributed by atoms with Gasteiger partial charge in [0.15, 0.2) is 0 Å². The molecule has 0 spiro atoms. The van der Waals surface area contributed by atoms with E-state index in [9.17, 15) is 13.6 Å². The molecule has 2 rings (SSSR count).